The van der Waals surface area contributed by atoms with E-state index in [4.69, 9.17) is 4.74 Å². The van der Waals surface area contributed by atoms with Crippen molar-refractivity contribution in [3.05, 3.63) is 41.9 Å². The number of rotatable bonds is 3. The van der Waals surface area contributed by atoms with Gasteiger partial charge < -0.3 is 10.1 Å². The summed E-state index contributed by atoms with van der Waals surface area (Å²) in [6, 6.07) is 9.24. The molecule has 6 heteroatoms. The lowest BCUT2D eigenvalue weighted by Gasteiger charge is -2.28. The molecule has 3 heterocycles. The fourth-order valence-corrected chi connectivity index (χ4v) is 3.57. The molecule has 1 aliphatic rings. The highest BCUT2D eigenvalue weighted by Gasteiger charge is 2.28. The van der Waals surface area contributed by atoms with E-state index in [0.29, 0.717) is 0 Å². The minimum Gasteiger partial charge on any atom is -0.491 e. The van der Waals surface area contributed by atoms with E-state index in [1.165, 1.54) is 11.3 Å². The molecule has 23 heavy (non-hydrogen) atoms. The summed E-state index contributed by atoms with van der Waals surface area (Å²) in [6.07, 6.45) is 1.85. The van der Waals surface area contributed by atoms with Gasteiger partial charge in [-0.2, -0.15) is 0 Å². The monoisotopic (exact) mass is 325 g/mol. The number of nitrogens with zero attached hydrogens (tertiary/aromatic N) is 2. The summed E-state index contributed by atoms with van der Waals surface area (Å²) < 4.78 is 5.66. The summed E-state index contributed by atoms with van der Waals surface area (Å²) >= 11 is 1.53. The van der Waals surface area contributed by atoms with Gasteiger partial charge in [-0.25, -0.2) is 9.78 Å². The Morgan fingerprint density at radius 2 is 2.00 bits per heavy atom. The Balaban J connectivity index is 1.78. The highest BCUT2D eigenvalue weighted by molar-refractivity contribution is 7.17. The van der Waals surface area contributed by atoms with Crippen molar-refractivity contribution in [2.45, 2.75) is 20.0 Å². The SMILES string of the molecule is CC(C)Oc1ccc(N2C(=O)Nc3csc4nccc2c34)cc1. The number of urea groups is 1. The molecule has 0 fully saturated rings. The molecular weight excluding hydrogens is 310 g/mol. The molecule has 116 valence electrons. The van der Waals surface area contributed by atoms with Crippen molar-refractivity contribution in [1.29, 1.82) is 0 Å². The molecule has 0 saturated heterocycles. The number of ether oxygens (including phenoxy) is 1. The topological polar surface area (TPSA) is 54.5 Å². The third-order valence-corrected chi connectivity index (χ3v) is 4.49. The number of hydrogen-bond donors (Lipinski definition) is 1. The Hall–Kier alpha value is -2.60. The minimum atomic E-state index is -0.166. The van der Waals surface area contributed by atoms with Crippen molar-refractivity contribution >= 4 is 44.6 Å². The number of carbonyl (C=O) groups is 1. The lowest BCUT2D eigenvalue weighted by molar-refractivity contribution is 0.242. The molecule has 0 atom stereocenters. The summed E-state index contributed by atoms with van der Waals surface area (Å²) in [5.74, 6) is 0.789. The van der Waals surface area contributed by atoms with Crippen LogP contribution in [0.25, 0.3) is 10.2 Å². The Labute approximate surface area is 137 Å². The molecule has 4 rings (SSSR count). The molecule has 2 amide bonds. The fourth-order valence-electron chi connectivity index (χ4n) is 2.71. The second kappa shape index (κ2) is 5.24. The second-order valence-corrected chi connectivity index (χ2v) is 6.44. The zero-order valence-corrected chi connectivity index (χ0v) is 13.6. The average Bonchev–Trinajstić information content (AvgIpc) is 2.93. The van der Waals surface area contributed by atoms with Gasteiger partial charge in [-0.15, -0.1) is 11.3 Å². The van der Waals surface area contributed by atoms with Crippen LogP contribution in [0, 0.1) is 0 Å². The van der Waals surface area contributed by atoms with Gasteiger partial charge in [-0.05, 0) is 44.2 Å². The predicted molar refractivity (Wildman–Crippen MR) is 93.0 cm³/mol. The second-order valence-electron chi connectivity index (χ2n) is 5.59. The van der Waals surface area contributed by atoms with E-state index in [9.17, 15) is 4.79 Å². The molecule has 0 spiro atoms. The smallest absolute Gasteiger partial charge is 0.331 e. The first-order valence-corrected chi connectivity index (χ1v) is 8.25. The Morgan fingerprint density at radius 3 is 2.74 bits per heavy atom. The van der Waals surface area contributed by atoms with Crippen molar-refractivity contribution in [1.82, 2.24) is 4.98 Å². The summed E-state index contributed by atoms with van der Waals surface area (Å²) in [5.41, 5.74) is 2.48. The summed E-state index contributed by atoms with van der Waals surface area (Å²) in [4.78, 5) is 19.5. The number of carbonyl (C=O) groups excluding carboxylic acids is 1. The van der Waals surface area contributed by atoms with E-state index < -0.39 is 0 Å². The number of benzene rings is 1. The average molecular weight is 325 g/mol. The third-order valence-electron chi connectivity index (χ3n) is 3.60. The van der Waals surface area contributed by atoms with Crippen LogP contribution in [0.4, 0.5) is 21.9 Å². The first-order chi connectivity index (χ1) is 11.1. The zero-order chi connectivity index (χ0) is 16.0. The van der Waals surface area contributed by atoms with Gasteiger partial charge in [0.15, 0.2) is 0 Å². The number of nitrogens with one attached hydrogen (secondary N) is 1. The fraction of sp³-hybridized carbons (Fsp3) is 0.176. The predicted octanol–water partition coefficient (Wildman–Crippen LogP) is 4.77. The minimum absolute atomic E-state index is 0.118. The molecule has 0 aliphatic carbocycles. The van der Waals surface area contributed by atoms with Gasteiger partial charge in [-0.1, -0.05) is 0 Å². The van der Waals surface area contributed by atoms with E-state index in [1.807, 2.05) is 49.6 Å². The van der Waals surface area contributed by atoms with E-state index in [2.05, 4.69) is 10.3 Å². The van der Waals surface area contributed by atoms with E-state index >= 15 is 0 Å². The molecule has 1 aromatic carbocycles. The van der Waals surface area contributed by atoms with Crippen LogP contribution in [0.1, 0.15) is 13.8 Å². The van der Waals surface area contributed by atoms with Gasteiger partial charge in [0.05, 0.1) is 28.6 Å². The van der Waals surface area contributed by atoms with Crippen LogP contribution in [-0.2, 0) is 0 Å². The lowest BCUT2D eigenvalue weighted by Crippen LogP contribution is -2.33. The van der Waals surface area contributed by atoms with Crippen LogP contribution in [-0.4, -0.2) is 17.1 Å². The molecule has 5 nitrogen and oxygen atoms in total. The number of hydrogen-bond acceptors (Lipinski definition) is 4. The Bertz CT molecular complexity index is 886. The molecule has 0 bridgehead atoms. The number of amides is 2. The lowest BCUT2D eigenvalue weighted by atomic mass is 10.1. The van der Waals surface area contributed by atoms with Crippen LogP contribution in [0.3, 0.4) is 0 Å². The van der Waals surface area contributed by atoms with Gasteiger partial charge in [0.25, 0.3) is 0 Å². The molecule has 0 saturated carbocycles. The maximum absolute atomic E-state index is 12.5. The first kappa shape index (κ1) is 14.0. The van der Waals surface area contributed by atoms with E-state index in [0.717, 1.165) is 33.0 Å². The molecule has 3 aromatic rings. The molecule has 2 aromatic heterocycles. The summed E-state index contributed by atoms with van der Waals surface area (Å²) in [6.45, 7) is 3.97. The zero-order valence-electron chi connectivity index (χ0n) is 12.7. The van der Waals surface area contributed by atoms with Crippen molar-refractivity contribution in [3.8, 4) is 5.75 Å². The number of aromatic nitrogens is 1. The van der Waals surface area contributed by atoms with Crippen LogP contribution in [0.5, 0.6) is 5.75 Å². The highest BCUT2D eigenvalue weighted by Crippen LogP contribution is 2.42. The molecule has 1 N–H and O–H groups in total. The first-order valence-electron chi connectivity index (χ1n) is 7.37. The third kappa shape index (κ3) is 2.31. The standard InChI is InChI=1S/C17H15N3O2S/c1-10(2)22-12-5-3-11(4-6-12)20-14-7-8-18-16-15(14)13(9-23-16)19-17(20)21/h3-10H,1-2H3,(H,19,21). The van der Waals surface area contributed by atoms with Gasteiger partial charge in [0, 0.05) is 11.6 Å². The molecule has 0 radical (unpaired) electrons. The summed E-state index contributed by atoms with van der Waals surface area (Å²) in [7, 11) is 0. The van der Waals surface area contributed by atoms with Crippen molar-refractivity contribution in [2.75, 3.05) is 10.2 Å². The van der Waals surface area contributed by atoms with Crippen molar-refractivity contribution in [2.24, 2.45) is 0 Å². The van der Waals surface area contributed by atoms with Crippen LogP contribution in [0.2, 0.25) is 0 Å². The number of anilines is 3. The number of pyridine rings is 1. The van der Waals surface area contributed by atoms with Gasteiger partial charge in [0.2, 0.25) is 0 Å². The van der Waals surface area contributed by atoms with Gasteiger partial charge in [0.1, 0.15) is 10.6 Å². The number of thiophene rings is 1. The highest BCUT2D eigenvalue weighted by atomic mass is 32.1. The van der Waals surface area contributed by atoms with Crippen LogP contribution >= 0.6 is 11.3 Å². The largest absolute Gasteiger partial charge is 0.491 e. The molecular formula is C17H15N3O2S. The van der Waals surface area contributed by atoms with Crippen LogP contribution < -0.4 is 15.0 Å². The van der Waals surface area contributed by atoms with E-state index in [1.54, 1.807) is 11.1 Å². The van der Waals surface area contributed by atoms with E-state index in [-0.39, 0.29) is 12.1 Å². The molecule has 1 aliphatic heterocycles. The van der Waals surface area contributed by atoms with Crippen molar-refractivity contribution < 1.29 is 9.53 Å². The molecule has 0 unspecified atom stereocenters. The maximum atomic E-state index is 12.5. The Morgan fingerprint density at radius 1 is 1.22 bits per heavy atom. The van der Waals surface area contributed by atoms with Gasteiger partial charge >= 0.3 is 6.03 Å². The summed E-state index contributed by atoms with van der Waals surface area (Å²) in [5, 5.41) is 5.84. The van der Waals surface area contributed by atoms with Crippen LogP contribution in [0.15, 0.2) is 41.9 Å². The Kier molecular flexibility index (Phi) is 3.20. The van der Waals surface area contributed by atoms with Gasteiger partial charge in [-0.3, -0.25) is 4.90 Å². The van der Waals surface area contributed by atoms with Crippen molar-refractivity contribution in [3.63, 3.8) is 0 Å². The maximum Gasteiger partial charge on any atom is 0.331 e. The quantitative estimate of drug-likeness (QED) is 0.755. The normalized spacial score (nSPS) is 13.5.